The molecule has 0 fully saturated rings. The van der Waals surface area contributed by atoms with Crippen molar-refractivity contribution >= 4 is 11.9 Å². The highest BCUT2D eigenvalue weighted by Gasteiger charge is 1.96. The number of rotatable bonds is 4. The van der Waals surface area contributed by atoms with E-state index in [0.29, 0.717) is 0 Å². The van der Waals surface area contributed by atoms with Gasteiger partial charge in [0.15, 0.2) is 0 Å². The second-order valence-electron chi connectivity index (χ2n) is 3.88. The van der Waals surface area contributed by atoms with Crippen LogP contribution >= 0.6 is 0 Å². The first-order valence-electron chi connectivity index (χ1n) is 5.74. The minimum atomic E-state index is 0.0672. The molecule has 0 radical (unpaired) electrons. The fourth-order valence-electron chi connectivity index (χ4n) is 1.55. The van der Waals surface area contributed by atoms with Gasteiger partial charge in [-0.05, 0) is 24.6 Å². The van der Waals surface area contributed by atoms with Gasteiger partial charge in [-0.15, -0.1) is 0 Å². The molecule has 1 atom stereocenters. The van der Waals surface area contributed by atoms with Gasteiger partial charge in [0.25, 0.3) is 0 Å². The zero-order valence-electron chi connectivity index (χ0n) is 9.88. The fraction of sp³-hybridized carbons (Fsp3) is 0.133. The van der Waals surface area contributed by atoms with Crippen LogP contribution in [-0.4, -0.2) is 12.4 Å². The Hall–Kier alpha value is -2.09. The standard InChI is InChI=1S/C15H16N2/c1-13(17-15-10-6-3-7-11-15)16-12-14-8-4-2-5-9-14/h2-13,17H,1H3. The van der Waals surface area contributed by atoms with Crippen molar-refractivity contribution in [3.63, 3.8) is 0 Å². The zero-order valence-corrected chi connectivity index (χ0v) is 9.88. The molecule has 0 amide bonds. The molecule has 1 unspecified atom stereocenters. The number of nitrogens with one attached hydrogen (secondary N) is 1. The molecule has 2 aromatic rings. The molecule has 0 saturated heterocycles. The van der Waals surface area contributed by atoms with Crippen LogP contribution in [0.15, 0.2) is 65.7 Å². The van der Waals surface area contributed by atoms with Gasteiger partial charge in [-0.25, -0.2) is 0 Å². The molecule has 2 heteroatoms. The van der Waals surface area contributed by atoms with Gasteiger partial charge in [-0.3, -0.25) is 4.99 Å². The van der Waals surface area contributed by atoms with Crippen LogP contribution in [0.5, 0.6) is 0 Å². The van der Waals surface area contributed by atoms with Crippen LogP contribution in [0.2, 0.25) is 0 Å². The first-order chi connectivity index (χ1) is 8.34. The third-order valence-electron chi connectivity index (χ3n) is 2.40. The van der Waals surface area contributed by atoms with E-state index in [9.17, 15) is 0 Å². The SMILES string of the molecule is CC(N=Cc1ccccc1)Nc1ccccc1. The van der Waals surface area contributed by atoms with Crippen molar-refractivity contribution in [1.82, 2.24) is 0 Å². The number of para-hydroxylation sites is 1. The molecule has 17 heavy (non-hydrogen) atoms. The minimum Gasteiger partial charge on any atom is -0.364 e. The summed E-state index contributed by atoms with van der Waals surface area (Å²) in [5, 5.41) is 3.31. The van der Waals surface area contributed by atoms with Crippen LogP contribution in [0.1, 0.15) is 12.5 Å². The Bertz CT molecular complexity index is 463. The maximum Gasteiger partial charge on any atom is 0.115 e. The monoisotopic (exact) mass is 224 g/mol. The van der Waals surface area contributed by atoms with Gasteiger partial charge in [0.1, 0.15) is 6.17 Å². The molecule has 0 aliphatic heterocycles. The summed E-state index contributed by atoms with van der Waals surface area (Å²) in [6.07, 6.45) is 1.96. The van der Waals surface area contributed by atoms with Crippen molar-refractivity contribution in [2.75, 3.05) is 5.32 Å². The average molecular weight is 224 g/mol. The first-order valence-corrected chi connectivity index (χ1v) is 5.74. The molecule has 0 bridgehead atoms. The van der Waals surface area contributed by atoms with Gasteiger partial charge < -0.3 is 5.32 Å². The Morgan fingerprint density at radius 2 is 1.53 bits per heavy atom. The number of aliphatic imine (C=N–C) groups is 1. The summed E-state index contributed by atoms with van der Waals surface area (Å²) in [5.41, 5.74) is 2.21. The molecule has 1 N–H and O–H groups in total. The highest BCUT2D eigenvalue weighted by atomic mass is 15.1. The van der Waals surface area contributed by atoms with E-state index in [1.54, 1.807) is 0 Å². The molecule has 0 aliphatic carbocycles. The lowest BCUT2D eigenvalue weighted by atomic mass is 10.2. The molecular formula is C15H16N2. The molecular weight excluding hydrogens is 208 g/mol. The van der Waals surface area contributed by atoms with Crippen molar-refractivity contribution in [3.05, 3.63) is 66.2 Å². The van der Waals surface area contributed by atoms with Crippen LogP contribution in [0.4, 0.5) is 5.69 Å². The van der Waals surface area contributed by atoms with E-state index < -0.39 is 0 Å². The van der Waals surface area contributed by atoms with Crippen LogP contribution in [0, 0.1) is 0 Å². The topological polar surface area (TPSA) is 24.4 Å². The van der Waals surface area contributed by atoms with E-state index in [-0.39, 0.29) is 6.17 Å². The highest BCUT2D eigenvalue weighted by molar-refractivity contribution is 5.79. The summed E-state index contributed by atoms with van der Waals surface area (Å²) in [7, 11) is 0. The Morgan fingerprint density at radius 3 is 2.18 bits per heavy atom. The molecule has 2 nitrogen and oxygen atoms in total. The summed E-state index contributed by atoms with van der Waals surface area (Å²) in [5.74, 6) is 0. The molecule has 0 heterocycles. The second kappa shape index (κ2) is 5.85. The molecule has 0 spiro atoms. The Morgan fingerprint density at radius 1 is 0.941 bits per heavy atom. The highest BCUT2D eigenvalue weighted by Crippen LogP contribution is 2.07. The molecule has 0 saturated carbocycles. The third-order valence-corrected chi connectivity index (χ3v) is 2.40. The zero-order chi connectivity index (χ0) is 11.9. The number of nitrogens with zero attached hydrogens (tertiary/aromatic N) is 1. The largest absolute Gasteiger partial charge is 0.364 e. The molecule has 0 aliphatic rings. The van der Waals surface area contributed by atoms with Crippen LogP contribution in [0.25, 0.3) is 0 Å². The third kappa shape index (κ3) is 3.76. The van der Waals surface area contributed by atoms with Crippen molar-refractivity contribution in [1.29, 1.82) is 0 Å². The van der Waals surface area contributed by atoms with Gasteiger partial charge in [0, 0.05) is 11.9 Å². The maximum atomic E-state index is 4.45. The van der Waals surface area contributed by atoms with Crippen LogP contribution in [0.3, 0.4) is 0 Å². The van der Waals surface area contributed by atoms with Crippen LogP contribution in [-0.2, 0) is 0 Å². The van der Waals surface area contributed by atoms with E-state index >= 15 is 0 Å². The van der Waals surface area contributed by atoms with E-state index in [1.165, 1.54) is 0 Å². The summed E-state index contributed by atoms with van der Waals surface area (Å²) >= 11 is 0. The summed E-state index contributed by atoms with van der Waals surface area (Å²) in [6, 6.07) is 20.2. The van der Waals surface area contributed by atoms with Gasteiger partial charge in [0.05, 0.1) is 0 Å². The van der Waals surface area contributed by atoms with Crippen molar-refractivity contribution in [2.45, 2.75) is 13.1 Å². The van der Waals surface area contributed by atoms with E-state index in [4.69, 9.17) is 0 Å². The average Bonchev–Trinajstić information content (AvgIpc) is 2.39. The number of benzene rings is 2. The van der Waals surface area contributed by atoms with Crippen molar-refractivity contribution in [3.8, 4) is 0 Å². The molecule has 2 rings (SSSR count). The fourth-order valence-corrected chi connectivity index (χ4v) is 1.55. The predicted molar refractivity (Wildman–Crippen MR) is 73.6 cm³/mol. The van der Waals surface area contributed by atoms with Crippen LogP contribution < -0.4 is 5.32 Å². The van der Waals surface area contributed by atoms with Gasteiger partial charge in [0.2, 0.25) is 0 Å². The lowest BCUT2D eigenvalue weighted by Gasteiger charge is -2.10. The maximum absolute atomic E-state index is 4.45. The van der Waals surface area contributed by atoms with Gasteiger partial charge in [-0.1, -0.05) is 48.5 Å². The molecule has 2 aromatic carbocycles. The van der Waals surface area contributed by atoms with E-state index in [0.717, 1.165) is 11.3 Å². The van der Waals surface area contributed by atoms with Crippen molar-refractivity contribution < 1.29 is 0 Å². The summed E-state index contributed by atoms with van der Waals surface area (Å²) < 4.78 is 0. The smallest absolute Gasteiger partial charge is 0.115 e. The normalized spacial score (nSPS) is 12.5. The molecule has 0 aromatic heterocycles. The Labute approximate surface area is 102 Å². The minimum absolute atomic E-state index is 0.0672. The number of anilines is 1. The number of hydrogen-bond donors (Lipinski definition) is 1. The number of hydrogen-bond acceptors (Lipinski definition) is 2. The summed E-state index contributed by atoms with van der Waals surface area (Å²) in [6.45, 7) is 2.03. The first kappa shape index (κ1) is 11.4. The second-order valence-corrected chi connectivity index (χ2v) is 3.88. The van der Waals surface area contributed by atoms with E-state index in [2.05, 4.69) is 10.3 Å². The van der Waals surface area contributed by atoms with Crippen molar-refractivity contribution in [2.24, 2.45) is 4.99 Å². The quantitative estimate of drug-likeness (QED) is 0.789. The lowest BCUT2D eigenvalue weighted by Crippen LogP contribution is -2.12. The predicted octanol–water partition coefficient (Wildman–Crippen LogP) is 3.56. The van der Waals surface area contributed by atoms with Gasteiger partial charge in [-0.2, -0.15) is 0 Å². The molecule has 86 valence electrons. The Kier molecular flexibility index (Phi) is 3.92. The van der Waals surface area contributed by atoms with E-state index in [1.807, 2.05) is 73.8 Å². The lowest BCUT2D eigenvalue weighted by molar-refractivity contribution is 0.858. The summed E-state index contributed by atoms with van der Waals surface area (Å²) in [4.78, 5) is 4.45. The Balaban J connectivity index is 1.94. The van der Waals surface area contributed by atoms with Gasteiger partial charge >= 0.3 is 0 Å².